The highest BCUT2D eigenvalue weighted by Gasteiger charge is 2.43. The van der Waals surface area contributed by atoms with Gasteiger partial charge >= 0.3 is 0 Å². The van der Waals surface area contributed by atoms with Gasteiger partial charge in [-0.2, -0.15) is 0 Å². The van der Waals surface area contributed by atoms with E-state index in [1.807, 2.05) is 18.2 Å². The molecule has 3 heterocycles. The van der Waals surface area contributed by atoms with Crippen LogP contribution in [0.4, 0.5) is 28.4 Å². The number of allylic oxidation sites excluding steroid dienone is 2. The lowest BCUT2D eigenvalue weighted by Gasteiger charge is -2.35. The minimum absolute atomic E-state index is 0.000878. The molecule has 0 N–H and O–H groups in total. The summed E-state index contributed by atoms with van der Waals surface area (Å²) in [7, 11) is 0. The number of nitrogens with zero attached hydrogens (tertiary/aromatic N) is 2. The van der Waals surface area contributed by atoms with E-state index in [1.165, 1.54) is 22.3 Å². The molecule has 4 heteroatoms. The van der Waals surface area contributed by atoms with Gasteiger partial charge in [-0.25, -0.2) is 0 Å². The van der Waals surface area contributed by atoms with Gasteiger partial charge in [-0.05, 0) is 89.5 Å². The maximum Gasteiger partial charge on any atom is 0.138 e. The second-order valence-corrected chi connectivity index (χ2v) is 15.2. The SMILES string of the molecule is C1=CC(c2ccc(N(c3ccccc3)c3ccccc3)cc2)C2C(=C1)c1c(cc3oc4ccccc4c3c1-c1ccc3c(c1)oc1ccccc13)N2c1ccccc1. The zero-order chi connectivity index (χ0) is 38.2. The Balaban J connectivity index is 1.05. The van der Waals surface area contributed by atoms with Crippen molar-refractivity contribution in [3.63, 3.8) is 0 Å². The highest BCUT2D eigenvalue weighted by Crippen LogP contribution is 2.57. The smallest absolute Gasteiger partial charge is 0.138 e. The van der Waals surface area contributed by atoms with Crippen molar-refractivity contribution in [1.29, 1.82) is 0 Å². The molecule has 2 atom stereocenters. The summed E-state index contributed by atoms with van der Waals surface area (Å²) in [4.78, 5) is 4.86. The third-order valence-corrected chi connectivity index (χ3v) is 12.0. The zero-order valence-corrected chi connectivity index (χ0v) is 31.5. The third kappa shape index (κ3) is 5.01. The van der Waals surface area contributed by atoms with E-state index in [-0.39, 0.29) is 12.0 Å². The number of para-hydroxylation sites is 5. The quantitative estimate of drug-likeness (QED) is 0.170. The normalized spacial score (nSPS) is 15.9. The van der Waals surface area contributed by atoms with Gasteiger partial charge in [0.15, 0.2) is 0 Å². The van der Waals surface area contributed by atoms with Crippen molar-refractivity contribution >= 4 is 77.9 Å². The first-order chi connectivity index (χ1) is 28.8. The lowest BCUT2D eigenvalue weighted by molar-refractivity contribution is 0.668. The number of fused-ring (bicyclic) bond motifs is 9. The van der Waals surface area contributed by atoms with Crippen molar-refractivity contribution in [3.05, 3.63) is 217 Å². The van der Waals surface area contributed by atoms with E-state index < -0.39 is 0 Å². The number of benzene rings is 8. The second kappa shape index (κ2) is 13.0. The van der Waals surface area contributed by atoms with Gasteiger partial charge in [0.25, 0.3) is 0 Å². The average Bonchev–Trinajstić information content (AvgIpc) is 3.96. The second-order valence-electron chi connectivity index (χ2n) is 15.2. The van der Waals surface area contributed by atoms with Gasteiger partial charge in [0.1, 0.15) is 22.3 Å². The molecule has 0 saturated carbocycles. The molecule has 1 aliphatic heterocycles. The van der Waals surface area contributed by atoms with Crippen LogP contribution in [-0.4, -0.2) is 6.04 Å². The van der Waals surface area contributed by atoms with Crippen LogP contribution in [0.15, 0.2) is 215 Å². The Labute approximate surface area is 335 Å². The molecular formula is C54H36N2O2. The molecule has 58 heavy (non-hydrogen) atoms. The van der Waals surface area contributed by atoms with E-state index in [0.29, 0.717) is 0 Å². The lowest BCUT2D eigenvalue weighted by Crippen LogP contribution is -2.33. The number of rotatable bonds is 6. The summed E-state index contributed by atoms with van der Waals surface area (Å²) in [6, 6.07) is 66.9. The van der Waals surface area contributed by atoms with Crippen LogP contribution >= 0.6 is 0 Å². The molecule has 0 bridgehead atoms. The summed E-state index contributed by atoms with van der Waals surface area (Å²) in [6.45, 7) is 0. The van der Waals surface area contributed by atoms with Crippen LogP contribution in [0, 0.1) is 0 Å². The molecule has 8 aromatic carbocycles. The maximum atomic E-state index is 6.74. The van der Waals surface area contributed by atoms with E-state index in [9.17, 15) is 0 Å². The Morgan fingerprint density at radius 2 is 1.05 bits per heavy atom. The van der Waals surface area contributed by atoms with E-state index in [4.69, 9.17) is 8.83 Å². The molecule has 1 aliphatic carbocycles. The summed E-state index contributed by atoms with van der Waals surface area (Å²) < 4.78 is 13.2. The van der Waals surface area contributed by atoms with Crippen molar-refractivity contribution in [2.75, 3.05) is 9.80 Å². The van der Waals surface area contributed by atoms with Gasteiger partial charge < -0.3 is 18.6 Å². The van der Waals surface area contributed by atoms with Crippen LogP contribution in [0.1, 0.15) is 17.0 Å². The van der Waals surface area contributed by atoms with Crippen molar-refractivity contribution in [2.45, 2.75) is 12.0 Å². The monoisotopic (exact) mass is 744 g/mol. The molecule has 0 amide bonds. The van der Waals surface area contributed by atoms with Gasteiger partial charge in [-0.1, -0.05) is 127 Å². The minimum atomic E-state index is -0.000878. The fourth-order valence-corrected chi connectivity index (χ4v) is 9.51. The molecule has 2 aromatic heterocycles. The van der Waals surface area contributed by atoms with E-state index in [2.05, 4.69) is 198 Å². The van der Waals surface area contributed by atoms with Gasteiger partial charge in [0.2, 0.25) is 0 Å². The minimum Gasteiger partial charge on any atom is -0.456 e. The fraction of sp³-hybridized carbons (Fsp3) is 0.0370. The third-order valence-electron chi connectivity index (χ3n) is 12.0. The molecule has 0 radical (unpaired) electrons. The number of anilines is 5. The largest absolute Gasteiger partial charge is 0.456 e. The van der Waals surface area contributed by atoms with Crippen molar-refractivity contribution in [3.8, 4) is 11.1 Å². The molecule has 0 fully saturated rings. The first-order valence-electron chi connectivity index (χ1n) is 19.9. The Kier molecular flexibility index (Phi) is 7.32. The predicted molar refractivity (Wildman–Crippen MR) is 240 cm³/mol. The van der Waals surface area contributed by atoms with Crippen LogP contribution in [0.25, 0.3) is 60.6 Å². The highest BCUT2D eigenvalue weighted by atomic mass is 16.3. The molecule has 0 spiro atoms. The van der Waals surface area contributed by atoms with E-state index in [0.717, 1.165) is 77.9 Å². The van der Waals surface area contributed by atoms with E-state index >= 15 is 0 Å². The molecule has 274 valence electrons. The lowest BCUT2D eigenvalue weighted by atomic mass is 9.80. The molecule has 10 aromatic rings. The van der Waals surface area contributed by atoms with Crippen molar-refractivity contribution in [2.24, 2.45) is 0 Å². The summed E-state index contributed by atoms with van der Waals surface area (Å²) in [5, 5.41) is 4.47. The van der Waals surface area contributed by atoms with Crippen LogP contribution in [0.2, 0.25) is 0 Å². The molecule has 0 saturated heterocycles. The van der Waals surface area contributed by atoms with Crippen LogP contribution in [-0.2, 0) is 0 Å². The van der Waals surface area contributed by atoms with Gasteiger partial charge in [0.05, 0.1) is 11.7 Å². The molecule has 2 aliphatic rings. The standard InChI is InChI=1S/C54H36N2O2/c1-4-15-37(16-5-1)55(38-17-6-2-7-18-38)40-30-27-35(28-31-40)41-23-14-24-45-52-46(56(54(41)45)39-19-8-3-9-20-39)34-50-53(44-22-11-13-26-48(44)58-50)51(52)36-29-32-43-42-21-10-12-25-47(42)57-49(43)33-36/h1-34,41,54H. The Bertz CT molecular complexity index is 3190. The van der Waals surface area contributed by atoms with Gasteiger partial charge in [0, 0.05) is 67.4 Å². The van der Waals surface area contributed by atoms with Crippen LogP contribution < -0.4 is 9.80 Å². The molecule has 4 nitrogen and oxygen atoms in total. The zero-order valence-electron chi connectivity index (χ0n) is 31.5. The summed E-state index contributed by atoms with van der Waals surface area (Å²) >= 11 is 0. The summed E-state index contributed by atoms with van der Waals surface area (Å²) in [5.74, 6) is 0.0669. The van der Waals surface area contributed by atoms with Gasteiger partial charge in [-0.15, -0.1) is 0 Å². The van der Waals surface area contributed by atoms with Crippen molar-refractivity contribution in [1.82, 2.24) is 0 Å². The number of hydrogen-bond acceptors (Lipinski definition) is 4. The summed E-state index contributed by atoms with van der Waals surface area (Å²) in [6.07, 6.45) is 6.96. The average molecular weight is 745 g/mol. The first kappa shape index (κ1) is 32.7. The number of furan rings is 2. The van der Waals surface area contributed by atoms with Crippen LogP contribution in [0.5, 0.6) is 0 Å². The van der Waals surface area contributed by atoms with Crippen molar-refractivity contribution < 1.29 is 8.83 Å². The number of hydrogen-bond donors (Lipinski definition) is 0. The maximum absolute atomic E-state index is 6.74. The summed E-state index contributed by atoms with van der Waals surface area (Å²) in [5.41, 5.74) is 15.2. The predicted octanol–water partition coefficient (Wildman–Crippen LogP) is 14.9. The Hall–Kier alpha value is -7.56. The highest BCUT2D eigenvalue weighted by molar-refractivity contribution is 6.19. The Morgan fingerprint density at radius 3 is 1.78 bits per heavy atom. The molecular weight excluding hydrogens is 709 g/mol. The first-order valence-corrected chi connectivity index (χ1v) is 19.9. The fourth-order valence-electron chi connectivity index (χ4n) is 9.51. The molecule has 2 unspecified atom stereocenters. The topological polar surface area (TPSA) is 32.8 Å². The van der Waals surface area contributed by atoms with Gasteiger partial charge in [-0.3, -0.25) is 0 Å². The van der Waals surface area contributed by atoms with Crippen LogP contribution in [0.3, 0.4) is 0 Å². The molecule has 12 rings (SSSR count). The van der Waals surface area contributed by atoms with E-state index in [1.54, 1.807) is 0 Å². The Morgan fingerprint density at radius 1 is 0.466 bits per heavy atom.